The van der Waals surface area contributed by atoms with E-state index in [0.717, 1.165) is 35.0 Å². The van der Waals surface area contributed by atoms with E-state index >= 15 is 0 Å². The lowest BCUT2D eigenvalue weighted by atomic mass is 10.00. The molecule has 0 saturated heterocycles. The van der Waals surface area contributed by atoms with Gasteiger partial charge in [0, 0.05) is 18.5 Å². The van der Waals surface area contributed by atoms with Gasteiger partial charge in [-0.1, -0.05) is 42.1 Å². The Balaban J connectivity index is 1.52. The van der Waals surface area contributed by atoms with Crippen LogP contribution in [0.15, 0.2) is 47.5 Å². The van der Waals surface area contributed by atoms with Crippen LogP contribution in [0.2, 0.25) is 0 Å². The molecule has 28 heavy (non-hydrogen) atoms. The van der Waals surface area contributed by atoms with Crippen molar-refractivity contribution in [1.29, 1.82) is 5.26 Å². The first-order valence-corrected chi connectivity index (χ1v) is 10.3. The van der Waals surface area contributed by atoms with Crippen molar-refractivity contribution in [2.75, 3.05) is 12.3 Å². The molecule has 0 spiro atoms. The van der Waals surface area contributed by atoms with Crippen molar-refractivity contribution < 1.29 is 4.79 Å². The summed E-state index contributed by atoms with van der Waals surface area (Å²) in [5.41, 5.74) is 6.20. The average molecular weight is 388 g/mol. The number of fused-ring (bicyclic) bond motifs is 2. The fourth-order valence-corrected chi connectivity index (χ4v) is 4.60. The normalized spacial score (nSPS) is 13.2. The second-order valence-corrected chi connectivity index (χ2v) is 8.19. The van der Waals surface area contributed by atoms with Crippen LogP contribution in [0.1, 0.15) is 27.8 Å². The highest BCUT2D eigenvalue weighted by Gasteiger charge is 2.21. The molecule has 3 aromatic rings. The van der Waals surface area contributed by atoms with Crippen LogP contribution in [-0.4, -0.2) is 28.1 Å². The molecule has 1 aliphatic rings. The number of nitriles is 1. The number of nitrogens with zero attached hydrogens (tertiary/aromatic N) is 3. The molecular formula is C23H21N3OS. The van der Waals surface area contributed by atoms with Crippen LogP contribution in [0, 0.1) is 25.2 Å². The van der Waals surface area contributed by atoms with Crippen molar-refractivity contribution in [3.8, 4) is 6.07 Å². The maximum atomic E-state index is 12.7. The van der Waals surface area contributed by atoms with Crippen LogP contribution in [0.4, 0.5) is 0 Å². The summed E-state index contributed by atoms with van der Waals surface area (Å²) in [7, 11) is 0. The zero-order chi connectivity index (χ0) is 19.7. The van der Waals surface area contributed by atoms with Crippen LogP contribution in [-0.2, 0) is 17.8 Å². The summed E-state index contributed by atoms with van der Waals surface area (Å²) < 4.78 is 0. The van der Waals surface area contributed by atoms with E-state index < -0.39 is 0 Å². The number of pyridine rings is 1. The first-order chi connectivity index (χ1) is 13.5. The molecule has 1 amide bonds. The zero-order valence-corrected chi connectivity index (χ0v) is 16.8. The fraction of sp³-hybridized carbons (Fsp3) is 0.261. The molecule has 4 rings (SSSR count). The van der Waals surface area contributed by atoms with E-state index in [2.05, 4.69) is 24.3 Å². The summed E-state index contributed by atoms with van der Waals surface area (Å²) in [6.07, 6.45) is 0.892. The van der Waals surface area contributed by atoms with Crippen molar-refractivity contribution in [2.24, 2.45) is 0 Å². The molecule has 4 nitrogen and oxygen atoms in total. The predicted molar refractivity (Wildman–Crippen MR) is 112 cm³/mol. The van der Waals surface area contributed by atoms with Gasteiger partial charge >= 0.3 is 0 Å². The van der Waals surface area contributed by atoms with Crippen molar-refractivity contribution in [3.05, 3.63) is 70.3 Å². The average Bonchev–Trinajstić information content (AvgIpc) is 2.70. The molecule has 1 aliphatic heterocycles. The van der Waals surface area contributed by atoms with Crippen LogP contribution >= 0.6 is 11.8 Å². The lowest BCUT2D eigenvalue weighted by Crippen LogP contribution is -2.37. The molecular weight excluding hydrogens is 366 g/mol. The first-order valence-electron chi connectivity index (χ1n) is 9.34. The van der Waals surface area contributed by atoms with Crippen LogP contribution < -0.4 is 0 Å². The fourth-order valence-electron chi connectivity index (χ4n) is 3.73. The number of hydrogen-bond acceptors (Lipinski definition) is 4. The minimum Gasteiger partial charge on any atom is -0.337 e. The van der Waals surface area contributed by atoms with Gasteiger partial charge in [-0.3, -0.25) is 4.79 Å². The van der Waals surface area contributed by atoms with Crippen LogP contribution in [0.25, 0.3) is 10.9 Å². The maximum Gasteiger partial charge on any atom is 0.233 e. The van der Waals surface area contributed by atoms with E-state index in [1.165, 1.54) is 22.9 Å². The topological polar surface area (TPSA) is 57.0 Å². The van der Waals surface area contributed by atoms with Crippen molar-refractivity contribution in [3.63, 3.8) is 0 Å². The molecule has 0 unspecified atom stereocenters. The standard InChI is InChI=1S/C23H21N3OS/c1-15-9-16(2)20-11-19(12-24)23(25-21(20)10-15)28-14-22(27)26-8-7-17-5-3-4-6-18(17)13-26/h3-6,9-11H,7-8,13-14H2,1-2H3. The number of benzene rings is 2. The smallest absolute Gasteiger partial charge is 0.233 e. The van der Waals surface area contributed by atoms with Gasteiger partial charge in [0.1, 0.15) is 11.1 Å². The number of thioether (sulfide) groups is 1. The highest BCUT2D eigenvalue weighted by Crippen LogP contribution is 2.28. The Morgan fingerprint density at radius 3 is 2.79 bits per heavy atom. The highest BCUT2D eigenvalue weighted by molar-refractivity contribution is 8.00. The van der Waals surface area contributed by atoms with Crippen molar-refractivity contribution in [1.82, 2.24) is 9.88 Å². The third-order valence-electron chi connectivity index (χ3n) is 5.19. The Hall–Kier alpha value is -2.84. The van der Waals surface area contributed by atoms with Crippen molar-refractivity contribution >= 4 is 28.6 Å². The number of rotatable bonds is 3. The monoisotopic (exact) mass is 387 g/mol. The Morgan fingerprint density at radius 1 is 1.21 bits per heavy atom. The van der Waals surface area contributed by atoms with E-state index in [0.29, 0.717) is 22.9 Å². The summed E-state index contributed by atoms with van der Waals surface area (Å²) in [6.45, 7) is 5.47. The van der Waals surface area contributed by atoms with Crippen LogP contribution in [0.5, 0.6) is 0 Å². The minimum atomic E-state index is 0.0886. The van der Waals surface area contributed by atoms with Gasteiger partial charge in [0.05, 0.1) is 16.8 Å². The second-order valence-electron chi connectivity index (χ2n) is 7.22. The van der Waals surface area contributed by atoms with Crippen LogP contribution in [0.3, 0.4) is 0 Å². The minimum absolute atomic E-state index is 0.0886. The summed E-state index contributed by atoms with van der Waals surface area (Å²) >= 11 is 1.36. The summed E-state index contributed by atoms with van der Waals surface area (Å²) in [5.74, 6) is 0.380. The largest absolute Gasteiger partial charge is 0.337 e. The first kappa shape index (κ1) is 18.5. The molecule has 5 heteroatoms. The Labute approximate surface area is 169 Å². The van der Waals surface area contributed by atoms with Gasteiger partial charge in [0.25, 0.3) is 0 Å². The van der Waals surface area contributed by atoms with Gasteiger partial charge in [-0.25, -0.2) is 4.98 Å². The predicted octanol–water partition coefficient (Wildman–Crippen LogP) is 4.40. The molecule has 0 N–H and O–H groups in total. The van der Waals surface area contributed by atoms with E-state index in [1.54, 1.807) is 0 Å². The SMILES string of the molecule is Cc1cc(C)c2cc(C#N)c(SCC(=O)N3CCc4ccccc4C3)nc2c1. The Kier molecular flexibility index (Phi) is 5.06. The molecule has 0 atom stereocenters. The van der Waals surface area contributed by atoms with E-state index in [9.17, 15) is 10.1 Å². The number of carbonyl (C=O) groups excluding carboxylic acids is 1. The molecule has 0 bridgehead atoms. The van der Waals surface area contributed by atoms with Gasteiger partial charge in [-0.15, -0.1) is 0 Å². The highest BCUT2D eigenvalue weighted by atomic mass is 32.2. The number of amides is 1. The second kappa shape index (κ2) is 7.65. The number of carbonyl (C=O) groups is 1. The molecule has 0 saturated carbocycles. The Morgan fingerprint density at radius 2 is 2.00 bits per heavy atom. The van der Waals surface area contributed by atoms with Gasteiger partial charge in [0.15, 0.2) is 0 Å². The van der Waals surface area contributed by atoms with Gasteiger partial charge in [0.2, 0.25) is 5.91 Å². The molecule has 2 heterocycles. The summed E-state index contributed by atoms with van der Waals surface area (Å²) in [6, 6.07) is 16.5. The van der Waals surface area contributed by atoms with E-state index in [1.807, 2.05) is 43.0 Å². The summed E-state index contributed by atoms with van der Waals surface area (Å²) in [4.78, 5) is 19.3. The third kappa shape index (κ3) is 3.61. The lowest BCUT2D eigenvalue weighted by molar-refractivity contribution is -0.129. The summed E-state index contributed by atoms with van der Waals surface area (Å²) in [5, 5.41) is 11.2. The molecule has 0 fully saturated rings. The number of hydrogen-bond donors (Lipinski definition) is 0. The third-order valence-corrected chi connectivity index (χ3v) is 6.16. The number of aromatic nitrogens is 1. The molecule has 0 radical (unpaired) electrons. The van der Waals surface area contributed by atoms with Gasteiger partial charge in [-0.05, 0) is 54.7 Å². The molecule has 2 aromatic carbocycles. The number of aryl methyl sites for hydroxylation is 2. The van der Waals surface area contributed by atoms with E-state index in [4.69, 9.17) is 4.98 Å². The van der Waals surface area contributed by atoms with Gasteiger partial charge < -0.3 is 4.90 Å². The molecule has 140 valence electrons. The quantitative estimate of drug-likeness (QED) is 0.625. The van der Waals surface area contributed by atoms with E-state index in [-0.39, 0.29) is 5.91 Å². The van der Waals surface area contributed by atoms with Gasteiger partial charge in [-0.2, -0.15) is 5.26 Å². The molecule has 0 aliphatic carbocycles. The lowest BCUT2D eigenvalue weighted by Gasteiger charge is -2.28. The maximum absolute atomic E-state index is 12.7. The Bertz CT molecular complexity index is 1120. The zero-order valence-electron chi connectivity index (χ0n) is 16.0. The van der Waals surface area contributed by atoms with Crippen molar-refractivity contribution in [2.45, 2.75) is 31.8 Å². The molecule has 1 aromatic heterocycles.